The fourth-order valence-corrected chi connectivity index (χ4v) is 2.61. The van der Waals surface area contributed by atoms with Crippen LogP contribution in [0.25, 0.3) is 0 Å². The van der Waals surface area contributed by atoms with Gasteiger partial charge in [0.1, 0.15) is 5.82 Å². The second-order valence-electron chi connectivity index (χ2n) is 4.41. The number of anilines is 1. The van der Waals surface area contributed by atoms with Crippen LogP contribution >= 0.6 is 11.3 Å². The molecule has 0 bridgehead atoms. The lowest BCUT2D eigenvalue weighted by Gasteiger charge is -2.23. The van der Waals surface area contributed by atoms with Crippen LogP contribution in [0.4, 0.5) is 5.82 Å². The van der Waals surface area contributed by atoms with E-state index in [0.29, 0.717) is 6.04 Å². The van der Waals surface area contributed by atoms with Crippen molar-refractivity contribution < 1.29 is 0 Å². The van der Waals surface area contributed by atoms with Crippen LogP contribution in [-0.2, 0) is 6.54 Å². The lowest BCUT2D eigenvalue weighted by Crippen LogP contribution is -2.22. The van der Waals surface area contributed by atoms with Crippen LogP contribution in [0.2, 0.25) is 0 Å². The topological polar surface area (TPSA) is 28.2 Å². The molecule has 1 N–H and O–H groups in total. The summed E-state index contributed by atoms with van der Waals surface area (Å²) in [7, 11) is 4.06. The minimum absolute atomic E-state index is 0.304. The summed E-state index contributed by atoms with van der Waals surface area (Å²) in [6, 6.07) is 6.59. The number of rotatable bonds is 5. The zero-order valence-corrected chi connectivity index (χ0v) is 11.9. The maximum absolute atomic E-state index is 4.52. The maximum atomic E-state index is 4.52. The van der Waals surface area contributed by atoms with Crippen LogP contribution in [-0.4, -0.2) is 19.1 Å². The Labute approximate surface area is 112 Å². The maximum Gasteiger partial charge on any atom is 0.133 e. The zero-order valence-electron chi connectivity index (χ0n) is 11.1. The second-order valence-corrected chi connectivity index (χ2v) is 5.19. The van der Waals surface area contributed by atoms with Crippen molar-refractivity contribution in [1.82, 2.24) is 10.3 Å². The molecule has 4 heteroatoms. The Morgan fingerprint density at radius 3 is 2.94 bits per heavy atom. The molecule has 2 aromatic rings. The number of nitrogens with one attached hydrogen (secondary N) is 1. The summed E-state index contributed by atoms with van der Waals surface area (Å²) in [4.78, 5) is 6.72. The van der Waals surface area contributed by atoms with Crippen molar-refractivity contribution in [2.45, 2.75) is 19.5 Å². The highest BCUT2D eigenvalue weighted by atomic mass is 32.1. The average Bonchev–Trinajstić information content (AvgIpc) is 2.90. The average molecular weight is 261 g/mol. The fourth-order valence-electron chi connectivity index (χ4n) is 1.95. The van der Waals surface area contributed by atoms with Gasteiger partial charge in [-0.2, -0.15) is 11.3 Å². The van der Waals surface area contributed by atoms with Crippen molar-refractivity contribution in [3.63, 3.8) is 0 Å². The van der Waals surface area contributed by atoms with Gasteiger partial charge in [-0.15, -0.1) is 0 Å². The van der Waals surface area contributed by atoms with Gasteiger partial charge in [-0.05, 0) is 42.4 Å². The highest BCUT2D eigenvalue weighted by Gasteiger charge is 2.13. The molecule has 1 atom stereocenters. The minimum Gasteiger partial charge on any atom is -0.355 e. The molecule has 18 heavy (non-hydrogen) atoms. The number of hydrogen-bond acceptors (Lipinski definition) is 4. The van der Waals surface area contributed by atoms with Gasteiger partial charge in [0.2, 0.25) is 0 Å². The van der Waals surface area contributed by atoms with Crippen molar-refractivity contribution >= 4 is 17.2 Å². The van der Waals surface area contributed by atoms with Gasteiger partial charge in [0, 0.05) is 31.4 Å². The standard InChI is InChI=1S/C14H19N3S/c1-11(15-2)13-5-4-7-16-14(13)17(3)9-12-6-8-18-10-12/h4-8,10-11,15H,9H2,1-3H3. The monoisotopic (exact) mass is 261 g/mol. The van der Waals surface area contributed by atoms with Crippen molar-refractivity contribution in [2.24, 2.45) is 0 Å². The van der Waals surface area contributed by atoms with Crippen LogP contribution in [0.3, 0.4) is 0 Å². The summed E-state index contributed by atoms with van der Waals surface area (Å²) >= 11 is 1.73. The summed E-state index contributed by atoms with van der Waals surface area (Å²) in [5.41, 5.74) is 2.56. The molecular weight excluding hydrogens is 242 g/mol. The van der Waals surface area contributed by atoms with Crippen molar-refractivity contribution in [3.05, 3.63) is 46.3 Å². The molecule has 0 fully saturated rings. The van der Waals surface area contributed by atoms with E-state index in [2.05, 4.69) is 52.1 Å². The van der Waals surface area contributed by atoms with Crippen LogP contribution in [0.5, 0.6) is 0 Å². The molecule has 0 spiro atoms. The molecule has 0 saturated carbocycles. The fraction of sp³-hybridized carbons (Fsp3) is 0.357. The van der Waals surface area contributed by atoms with Gasteiger partial charge in [-0.1, -0.05) is 6.07 Å². The number of pyridine rings is 1. The Morgan fingerprint density at radius 2 is 2.28 bits per heavy atom. The summed E-state index contributed by atoms with van der Waals surface area (Å²) in [6.07, 6.45) is 1.85. The van der Waals surface area contributed by atoms with Gasteiger partial charge in [0.05, 0.1) is 0 Å². The van der Waals surface area contributed by atoms with Gasteiger partial charge in [-0.3, -0.25) is 0 Å². The van der Waals surface area contributed by atoms with Crippen LogP contribution in [0.1, 0.15) is 24.1 Å². The Bertz CT molecular complexity index is 482. The van der Waals surface area contributed by atoms with E-state index in [1.54, 1.807) is 11.3 Å². The molecule has 0 amide bonds. The molecule has 0 aromatic carbocycles. The number of nitrogens with zero attached hydrogens (tertiary/aromatic N) is 2. The quantitative estimate of drug-likeness (QED) is 0.896. The molecule has 0 aliphatic rings. The molecule has 2 aromatic heterocycles. The van der Waals surface area contributed by atoms with Crippen LogP contribution < -0.4 is 10.2 Å². The molecule has 0 radical (unpaired) electrons. The Balaban J connectivity index is 2.21. The van der Waals surface area contributed by atoms with E-state index >= 15 is 0 Å². The van der Waals surface area contributed by atoms with Crippen molar-refractivity contribution in [2.75, 3.05) is 19.0 Å². The van der Waals surface area contributed by atoms with Crippen molar-refractivity contribution in [1.29, 1.82) is 0 Å². The molecule has 0 aliphatic heterocycles. The third-order valence-corrected chi connectivity index (χ3v) is 3.81. The Morgan fingerprint density at radius 1 is 1.44 bits per heavy atom. The molecule has 1 unspecified atom stereocenters. The SMILES string of the molecule is CNC(C)c1cccnc1N(C)Cc1ccsc1. The second kappa shape index (κ2) is 5.98. The summed E-state index contributed by atoms with van der Waals surface area (Å²) in [5.74, 6) is 1.05. The van der Waals surface area contributed by atoms with Gasteiger partial charge >= 0.3 is 0 Å². The first-order valence-electron chi connectivity index (χ1n) is 6.06. The predicted octanol–water partition coefficient (Wildman–Crippen LogP) is 3.06. The van der Waals surface area contributed by atoms with E-state index in [1.807, 2.05) is 19.3 Å². The summed E-state index contributed by atoms with van der Waals surface area (Å²) < 4.78 is 0. The van der Waals surface area contributed by atoms with E-state index in [1.165, 1.54) is 11.1 Å². The zero-order chi connectivity index (χ0) is 13.0. The molecular formula is C14H19N3S. The smallest absolute Gasteiger partial charge is 0.133 e. The Kier molecular flexibility index (Phi) is 4.33. The van der Waals surface area contributed by atoms with E-state index in [0.717, 1.165) is 12.4 Å². The molecule has 0 saturated heterocycles. The molecule has 2 heterocycles. The number of hydrogen-bond donors (Lipinski definition) is 1. The molecule has 3 nitrogen and oxygen atoms in total. The number of aromatic nitrogens is 1. The van der Waals surface area contributed by atoms with Crippen LogP contribution in [0.15, 0.2) is 35.2 Å². The highest BCUT2D eigenvalue weighted by molar-refractivity contribution is 7.07. The summed E-state index contributed by atoms with van der Waals surface area (Å²) in [5, 5.41) is 7.56. The predicted molar refractivity (Wildman–Crippen MR) is 78.1 cm³/mol. The third-order valence-electron chi connectivity index (χ3n) is 3.08. The van der Waals surface area contributed by atoms with Gasteiger partial charge < -0.3 is 10.2 Å². The Hall–Kier alpha value is -1.39. The van der Waals surface area contributed by atoms with Crippen molar-refractivity contribution in [3.8, 4) is 0 Å². The first-order valence-corrected chi connectivity index (χ1v) is 7.01. The lowest BCUT2D eigenvalue weighted by atomic mass is 10.1. The largest absolute Gasteiger partial charge is 0.355 e. The summed E-state index contributed by atoms with van der Waals surface area (Å²) in [6.45, 7) is 3.04. The van der Waals surface area contributed by atoms with Gasteiger partial charge in [-0.25, -0.2) is 4.98 Å². The third kappa shape index (κ3) is 2.89. The minimum atomic E-state index is 0.304. The first kappa shape index (κ1) is 13.1. The van der Waals surface area contributed by atoms with E-state index in [-0.39, 0.29) is 0 Å². The van der Waals surface area contributed by atoms with Crippen LogP contribution in [0, 0.1) is 0 Å². The van der Waals surface area contributed by atoms with E-state index < -0.39 is 0 Å². The molecule has 96 valence electrons. The van der Waals surface area contributed by atoms with Gasteiger partial charge in [0.15, 0.2) is 0 Å². The number of thiophene rings is 1. The molecule has 2 rings (SSSR count). The lowest BCUT2D eigenvalue weighted by molar-refractivity contribution is 0.646. The molecule has 0 aliphatic carbocycles. The first-order chi connectivity index (χ1) is 8.72. The van der Waals surface area contributed by atoms with E-state index in [9.17, 15) is 0 Å². The highest BCUT2D eigenvalue weighted by Crippen LogP contribution is 2.24. The van der Waals surface area contributed by atoms with Gasteiger partial charge in [0.25, 0.3) is 0 Å². The normalized spacial score (nSPS) is 12.4. The van der Waals surface area contributed by atoms with E-state index in [4.69, 9.17) is 0 Å².